The Kier molecular flexibility index (Phi) is 3.67. The Balaban J connectivity index is 3.35. The summed E-state index contributed by atoms with van der Waals surface area (Å²) < 4.78 is 63.9. The summed E-state index contributed by atoms with van der Waals surface area (Å²) in [4.78, 5) is 12.1. The molecular weight excluding hydrogens is 267 g/mol. The van der Waals surface area contributed by atoms with Crippen LogP contribution in [0.3, 0.4) is 0 Å². The second-order valence-electron chi connectivity index (χ2n) is 3.12. The Morgan fingerprint density at radius 2 is 2.00 bits per heavy atom. The minimum atomic E-state index is -5.26. The predicted molar refractivity (Wildman–Crippen MR) is 47.3 cm³/mol. The lowest BCUT2D eigenvalue weighted by Crippen LogP contribution is -2.19. The van der Waals surface area contributed by atoms with Gasteiger partial charge in [-0.1, -0.05) is 0 Å². The van der Waals surface area contributed by atoms with E-state index >= 15 is 0 Å². The smallest absolute Gasteiger partial charge is 0.381 e. The quantitative estimate of drug-likeness (QED) is 0.481. The predicted octanol–water partition coefficient (Wildman–Crippen LogP) is 3.13. The van der Waals surface area contributed by atoms with Gasteiger partial charge in [0.25, 0.3) is 6.43 Å². The average Bonchev–Trinajstić information content (AvgIpc) is 2.17. The van der Waals surface area contributed by atoms with Crippen LogP contribution in [0.15, 0.2) is 6.07 Å². The third-order valence-electron chi connectivity index (χ3n) is 1.81. The van der Waals surface area contributed by atoms with E-state index in [4.69, 9.17) is 0 Å². The fourth-order valence-corrected chi connectivity index (χ4v) is 1.13. The number of hydrogen-bond acceptors (Lipinski definition) is 4. The van der Waals surface area contributed by atoms with Crippen molar-refractivity contribution in [1.82, 2.24) is 4.98 Å². The van der Waals surface area contributed by atoms with E-state index in [-0.39, 0.29) is 5.56 Å². The van der Waals surface area contributed by atoms with Crippen molar-refractivity contribution >= 4 is 5.69 Å². The number of rotatable bonds is 3. The first-order valence-corrected chi connectivity index (χ1v) is 4.31. The third kappa shape index (κ3) is 3.25. The molecule has 18 heavy (non-hydrogen) atoms. The molecule has 100 valence electrons. The molecule has 0 saturated heterocycles. The second kappa shape index (κ2) is 4.70. The number of nitrogens with zero attached hydrogens (tertiary/aromatic N) is 2. The molecule has 0 aromatic carbocycles. The maximum Gasteiger partial charge on any atom is 0.574 e. The molecule has 10 heteroatoms. The Morgan fingerprint density at radius 3 is 2.39 bits per heavy atom. The highest BCUT2D eigenvalue weighted by atomic mass is 19.4. The molecule has 5 nitrogen and oxygen atoms in total. The lowest BCUT2D eigenvalue weighted by molar-refractivity contribution is -0.389. The number of ether oxygens (including phenoxy) is 1. The number of pyridine rings is 1. The molecule has 0 aliphatic rings. The molecule has 1 rings (SSSR count). The van der Waals surface area contributed by atoms with Crippen molar-refractivity contribution in [2.24, 2.45) is 0 Å². The van der Waals surface area contributed by atoms with E-state index in [9.17, 15) is 32.1 Å². The Hall–Kier alpha value is -2.00. The summed E-state index contributed by atoms with van der Waals surface area (Å²) >= 11 is 0. The second-order valence-corrected chi connectivity index (χ2v) is 3.12. The van der Waals surface area contributed by atoms with Gasteiger partial charge in [0, 0.05) is 6.07 Å². The molecule has 0 unspecified atom stereocenters. The van der Waals surface area contributed by atoms with E-state index in [1.807, 2.05) is 0 Å². The molecule has 0 atom stereocenters. The highest BCUT2D eigenvalue weighted by Crippen LogP contribution is 2.34. The molecule has 0 spiro atoms. The van der Waals surface area contributed by atoms with Crippen LogP contribution >= 0.6 is 0 Å². The topological polar surface area (TPSA) is 65.3 Å². The van der Waals surface area contributed by atoms with E-state index < -0.39 is 35.0 Å². The molecular formula is C8H5F5N2O3. The minimum Gasteiger partial charge on any atom is -0.381 e. The summed E-state index contributed by atoms with van der Waals surface area (Å²) in [5, 5.41) is 10.5. The van der Waals surface area contributed by atoms with Gasteiger partial charge >= 0.3 is 17.9 Å². The molecule has 0 radical (unpaired) electrons. The molecule has 0 aliphatic heterocycles. The number of nitro groups is 1. The van der Waals surface area contributed by atoms with Crippen LogP contribution in [0.2, 0.25) is 0 Å². The highest BCUT2D eigenvalue weighted by molar-refractivity contribution is 5.45. The normalized spacial score (nSPS) is 11.7. The zero-order valence-electron chi connectivity index (χ0n) is 8.66. The van der Waals surface area contributed by atoms with Crippen LogP contribution in [0.4, 0.5) is 27.6 Å². The first-order valence-electron chi connectivity index (χ1n) is 4.31. The van der Waals surface area contributed by atoms with E-state index in [0.29, 0.717) is 6.07 Å². The molecule has 0 fully saturated rings. The van der Waals surface area contributed by atoms with Gasteiger partial charge in [0.2, 0.25) is 0 Å². The Morgan fingerprint density at radius 1 is 1.44 bits per heavy atom. The van der Waals surface area contributed by atoms with Crippen molar-refractivity contribution in [3.8, 4) is 5.88 Å². The van der Waals surface area contributed by atoms with Crippen LogP contribution in [-0.2, 0) is 0 Å². The van der Waals surface area contributed by atoms with Gasteiger partial charge in [-0.2, -0.15) is 0 Å². The largest absolute Gasteiger partial charge is 0.574 e. The molecule has 0 bridgehead atoms. The summed E-state index contributed by atoms with van der Waals surface area (Å²) in [5.41, 5.74) is -2.43. The van der Waals surface area contributed by atoms with Crippen LogP contribution in [0.1, 0.15) is 17.7 Å². The van der Waals surface area contributed by atoms with Crippen LogP contribution in [0, 0.1) is 17.0 Å². The van der Waals surface area contributed by atoms with Crippen LogP contribution < -0.4 is 4.74 Å². The van der Waals surface area contributed by atoms with Crippen molar-refractivity contribution < 1.29 is 31.6 Å². The molecule has 0 saturated carbocycles. The van der Waals surface area contributed by atoms with Crippen LogP contribution in [0.5, 0.6) is 5.88 Å². The number of halogens is 5. The van der Waals surface area contributed by atoms with E-state index in [1.54, 1.807) is 0 Å². The van der Waals surface area contributed by atoms with E-state index in [2.05, 4.69) is 9.72 Å². The zero-order chi connectivity index (χ0) is 14.1. The summed E-state index contributed by atoms with van der Waals surface area (Å²) in [6.07, 6.45) is -8.42. The lowest BCUT2D eigenvalue weighted by Gasteiger charge is -2.10. The molecule has 0 amide bonds. The van der Waals surface area contributed by atoms with Crippen LogP contribution in [0.25, 0.3) is 0 Å². The number of aromatic nitrogens is 1. The number of hydrogen-bond donors (Lipinski definition) is 0. The van der Waals surface area contributed by atoms with Gasteiger partial charge in [0.1, 0.15) is 5.69 Å². The maximum atomic E-state index is 12.4. The monoisotopic (exact) mass is 272 g/mol. The molecule has 1 heterocycles. The van der Waals surface area contributed by atoms with Gasteiger partial charge in [-0.05, 0) is 12.5 Å². The number of aryl methyl sites for hydroxylation is 1. The standard InChI is InChI=1S/C8H5F5N2O3/c1-3-2-4(15(16)17)7(18-8(11,12)13)14-5(3)6(9)10/h2,6H,1H3. The van der Waals surface area contributed by atoms with E-state index in [0.717, 1.165) is 6.92 Å². The van der Waals surface area contributed by atoms with Gasteiger partial charge in [-0.25, -0.2) is 13.8 Å². The highest BCUT2D eigenvalue weighted by Gasteiger charge is 2.36. The van der Waals surface area contributed by atoms with Gasteiger partial charge in [-0.15, -0.1) is 13.2 Å². The molecule has 0 N–H and O–H groups in total. The third-order valence-corrected chi connectivity index (χ3v) is 1.81. The van der Waals surface area contributed by atoms with Crippen molar-refractivity contribution in [3.63, 3.8) is 0 Å². The Bertz CT molecular complexity index is 475. The van der Waals surface area contributed by atoms with Crippen molar-refractivity contribution in [3.05, 3.63) is 27.4 Å². The molecule has 1 aromatic rings. The SMILES string of the molecule is Cc1cc([N+](=O)[O-])c(OC(F)(F)F)nc1C(F)F. The summed E-state index contributed by atoms with van der Waals surface area (Å²) in [5.74, 6) is -1.51. The van der Waals surface area contributed by atoms with Crippen molar-refractivity contribution in [1.29, 1.82) is 0 Å². The van der Waals surface area contributed by atoms with Gasteiger partial charge < -0.3 is 4.74 Å². The summed E-state index contributed by atoms with van der Waals surface area (Å²) in [6, 6.07) is 0.551. The summed E-state index contributed by atoms with van der Waals surface area (Å²) in [6.45, 7) is 1.07. The Labute approximate surface area is 96.3 Å². The van der Waals surface area contributed by atoms with Crippen molar-refractivity contribution in [2.75, 3.05) is 0 Å². The lowest BCUT2D eigenvalue weighted by atomic mass is 10.2. The fourth-order valence-electron chi connectivity index (χ4n) is 1.13. The number of alkyl halides is 5. The van der Waals surface area contributed by atoms with Crippen LogP contribution in [-0.4, -0.2) is 16.3 Å². The molecule has 0 aliphatic carbocycles. The van der Waals surface area contributed by atoms with E-state index in [1.165, 1.54) is 0 Å². The molecule has 1 aromatic heterocycles. The first-order chi connectivity index (χ1) is 8.11. The summed E-state index contributed by atoms with van der Waals surface area (Å²) in [7, 11) is 0. The first kappa shape index (κ1) is 14.1. The average molecular weight is 272 g/mol. The van der Waals surface area contributed by atoms with Gasteiger partial charge in [-0.3, -0.25) is 10.1 Å². The van der Waals surface area contributed by atoms with Gasteiger partial charge in [0.15, 0.2) is 0 Å². The maximum absolute atomic E-state index is 12.4. The fraction of sp³-hybridized carbons (Fsp3) is 0.375. The van der Waals surface area contributed by atoms with Gasteiger partial charge in [0.05, 0.1) is 4.92 Å². The minimum absolute atomic E-state index is 0.300. The zero-order valence-corrected chi connectivity index (χ0v) is 8.66. The van der Waals surface area contributed by atoms with Crippen molar-refractivity contribution in [2.45, 2.75) is 19.7 Å².